The number of benzene rings is 1. The Morgan fingerprint density at radius 1 is 1.29 bits per heavy atom. The van der Waals surface area contributed by atoms with Gasteiger partial charge in [-0.15, -0.1) is 0 Å². The van der Waals surface area contributed by atoms with Crippen LogP contribution in [0.2, 0.25) is 0 Å². The SMILES string of the molecule is CC(C)n1ncc2cc(NC(=O)COc3ccc4c(c3)CCC(=O)N4)cnc21. The number of ether oxygens (including phenoxy) is 1. The summed E-state index contributed by atoms with van der Waals surface area (Å²) in [6.45, 7) is 3.96. The third kappa shape index (κ3) is 3.66. The molecule has 1 aliphatic rings. The Bertz CT molecular complexity index is 1060. The van der Waals surface area contributed by atoms with E-state index in [4.69, 9.17) is 4.74 Å². The van der Waals surface area contributed by atoms with E-state index < -0.39 is 0 Å². The summed E-state index contributed by atoms with van der Waals surface area (Å²) < 4.78 is 7.43. The number of hydrogen-bond donors (Lipinski definition) is 2. The maximum atomic E-state index is 12.2. The number of anilines is 2. The maximum Gasteiger partial charge on any atom is 0.262 e. The zero-order valence-electron chi connectivity index (χ0n) is 15.7. The Labute approximate surface area is 161 Å². The number of nitrogens with zero attached hydrogens (tertiary/aromatic N) is 3. The highest BCUT2D eigenvalue weighted by atomic mass is 16.5. The molecular formula is C20H21N5O3. The van der Waals surface area contributed by atoms with Gasteiger partial charge in [0.2, 0.25) is 5.91 Å². The van der Waals surface area contributed by atoms with Crippen LogP contribution in [0.25, 0.3) is 11.0 Å². The summed E-state index contributed by atoms with van der Waals surface area (Å²) in [5.74, 6) is 0.338. The first-order valence-corrected chi connectivity index (χ1v) is 9.18. The van der Waals surface area contributed by atoms with E-state index in [0.717, 1.165) is 22.3 Å². The first-order valence-electron chi connectivity index (χ1n) is 9.18. The number of fused-ring (bicyclic) bond motifs is 2. The second-order valence-corrected chi connectivity index (χ2v) is 7.02. The van der Waals surface area contributed by atoms with E-state index in [1.54, 1.807) is 24.5 Å². The average molecular weight is 379 g/mol. The third-order valence-electron chi connectivity index (χ3n) is 4.55. The van der Waals surface area contributed by atoms with Crippen LogP contribution in [0.4, 0.5) is 11.4 Å². The highest BCUT2D eigenvalue weighted by Crippen LogP contribution is 2.27. The van der Waals surface area contributed by atoms with Crippen molar-refractivity contribution in [3.8, 4) is 5.75 Å². The molecule has 0 spiro atoms. The van der Waals surface area contributed by atoms with Crippen LogP contribution in [0, 0.1) is 0 Å². The minimum atomic E-state index is -0.275. The Hall–Kier alpha value is -3.42. The first-order chi connectivity index (χ1) is 13.5. The summed E-state index contributed by atoms with van der Waals surface area (Å²) in [4.78, 5) is 28.0. The fourth-order valence-electron chi connectivity index (χ4n) is 3.18. The molecule has 0 saturated carbocycles. The second-order valence-electron chi connectivity index (χ2n) is 7.02. The molecule has 0 radical (unpaired) electrons. The zero-order chi connectivity index (χ0) is 19.7. The number of nitrogens with one attached hydrogen (secondary N) is 2. The summed E-state index contributed by atoms with van der Waals surface area (Å²) in [6.07, 6.45) is 4.48. The van der Waals surface area contributed by atoms with Gasteiger partial charge < -0.3 is 15.4 Å². The van der Waals surface area contributed by atoms with Crippen molar-refractivity contribution in [2.75, 3.05) is 17.2 Å². The molecule has 28 heavy (non-hydrogen) atoms. The summed E-state index contributed by atoms with van der Waals surface area (Å²) in [7, 11) is 0. The lowest BCUT2D eigenvalue weighted by molar-refractivity contribution is -0.118. The molecule has 8 nitrogen and oxygen atoms in total. The molecule has 0 aliphatic carbocycles. The minimum Gasteiger partial charge on any atom is -0.484 e. The molecule has 8 heteroatoms. The summed E-state index contributed by atoms with van der Waals surface area (Å²) in [6, 6.07) is 7.45. The van der Waals surface area contributed by atoms with Crippen molar-refractivity contribution in [3.05, 3.63) is 42.2 Å². The molecule has 2 aromatic heterocycles. The van der Waals surface area contributed by atoms with E-state index >= 15 is 0 Å². The smallest absolute Gasteiger partial charge is 0.262 e. The zero-order valence-corrected chi connectivity index (χ0v) is 15.7. The normalized spacial score (nSPS) is 13.3. The highest BCUT2D eigenvalue weighted by Gasteiger charge is 2.15. The van der Waals surface area contributed by atoms with Crippen molar-refractivity contribution < 1.29 is 14.3 Å². The van der Waals surface area contributed by atoms with Crippen LogP contribution in [-0.4, -0.2) is 33.2 Å². The van der Waals surface area contributed by atoms with Crippen molar-refractivity contribution in [1.82, 2.24) is 14.8 Å². The Morgan fingerprint density at radius 2 is 2.14 bits per heavy atom. The number of aromatic nitrogens is 3. The van der Waals surface area contributed by atoms with Crippen LogP contribution in [-0.2, 0) is 16.0 Å². The largest absolute Gasteiger partial charge is 0.484 e. The number of carbonyl (C=O) groups excluding carboxylic acids is 2. The van der Waals surface area contributed by atoms with E-state index in [0.29, 0.717) is 24.3 Å². The quantitative estimate of drug-likeness (QED) is 0.710. The van der Waals surface area contributed by atoms with E-state index in [2.05, 4.69) is 20.7 Å². The van der Waals surface area contributed by atoms with Gasteiger partial charge in [-0.25, -0.2) is 9.67 Å². The molecule has 0 saturated heterocycles. The molecule has 0 unspecified atom stereocenters. The van der Waals surface area contributed by atoms with Gasteiger partial charge >= 0.3 is 0 Å². The third-order valence-corrected chi connectivity index (χ3v) is 4.55. The van der Waals surface area contributed by atoms with Crippen LogP contribution < -0.4 is 15.4 Å². The van der Waals surface area contributed by atoms with Crippen LogP contribution in [0.15, 0.2) is 36.7 Å². The van der Waals surface area contributed by atoms with Gasteiger partial charge in [-0.1, -0.05) is 0 Å². The predicted molar refractivity (Wildman–Crippen MR) is 105 cm³/mol. The van der Waals surface area contributed by atoms with Crippen LogP contribution in [0.5, 0.6) is 5.75 Å². The number of hydrogen-bond acceptors (Lipinski definition) is 5. The van der Waals surface area contributed by atoms with E-state index in [-0.39, 0.29) is 24.5 Å². The summed E-state index contributed by atoms with van der Waals surface area (Å²) in [5, 5.41) is 10.8. The molecule has 0 atom stereocenters. The number of pyridine rings is 1. The van der Waals surface area contributed by atoms with Gasteiger partial charge in [-0.2, -0.15) is 5.10 Å². The molecule has 3 aromatic rings. The van der Waals surface area contributed by atoms with Crippen molar-refractivity contribution in [1.29, 1.82) is 0 Å². The molecule has 3 heterocycles. The molecule has 0 fully saturated rings. The monoisotopic (exact) mass is 379 g/mol. The van der Waals surface area contributed by atoms with Gasteiger partial charge in [-0.3, -0.25) is 9.59 Å². The first kappa shape index (κ1) is 18.0. The van der Waals surface area contributed by atoms with Gasteiger partial charge in [0, 0.05) is 23.5 Å². The van der Waals surface area contributed by atoms with Gasteiger partial charge in [0.15, 0.2) is 12.3 Å². The number of amides is 2. The Balaban J connectivity index is 1.38. The van der Waals surface area contributed by atoms with Gasteiger partial charge in [0.05, 0.1) is 18.1 Å². The molecular weight excluding hydrogens is 358 g/mol. The van der Waals surface area contributed by atoms with E-state index in [9.17, 15) is 9.59 Å². The van der Waals surface area contributed by atoms with Crippen molar-refractivity contribution in [3.63, 3.8) is 0 Å². The second kappa shape index (κ2) is 7.30. The lowest BCUT2D eigenvalue weighted by atomic mass is 10.0. The lowest BCUT2D eigenvalue weighted by Gasteiger charge is -2.17. The average Bonchev–Trinajstić information content (AvgIpc) is 3.10. The topological polar surface area (TPSA) is 98.1 Å². The lowest BCUT2D eigenvalue weighted by Crippen LogP contribution is -2.21. The summed E-state index contributed by atoms with van der Waals surface area (Å²) in [5.41, 5.74) is 3.19. The molecule has 1 aliphatic heterocycles. The number of carbonyl (C=O) groups is 2. The van der Waals surface area contributed by atoms with Crippen LogP contribution >= 0.6 is 0 Å². The van der Waals surface area contributed by atoms with Crippen molar-refractivity contribution >= 4 is 34.2 Å². The van der Waals surface area contributed by atoms with Crippen LogP contribution in [0.1, 0.15) is 31.9 Å². The van der Waals surface area contributed by atoms with Gasteiger partial charge in [0.1, 0.15) is 5.75 Å². The molecule has 0 bridgehead atoms. The van der Waals surface area contributed by atoms with E-state index in [1.807, 2.05) is 30.7 Å². The van der Waals surface area contributed by atoms with Crippen molar-refractivity contribution in [2.24, 2.45) is 0 Å². The molecule has 2 amide bonds. The molecule has 4 rings (SSSR count). The van der Waals surface area contributed by atoms with Gasteiger partial charge in [-0.05, 0) is 50.1 Å². The van der Waals surface area contributed by atoms with Crippen LogP contribution in [0.3, 0.4) is 0 Å². The van der Waals surface area contributed by atoms with E-state index in [1.165, 1.54) is 0 Å². The maximum absolute atomic E-state index is 12.2. The number of rotatable bonds is 5. The fourth-order valence-corrected chi connectivity index (χ4v) is 3.18. The highest BCUT2D eigenvalue weighted by molar-refractivity contribution is 5.94. The minimum absolute atomic E-state index is 0.0186. The molecule has 2 N–H and O–H groups in total. The fraction of sp³-hybridized carbons (Fsp3) is 0.300. The number of aryl methyl sites for hydroxylation is 1. The Kier molecular flexibility index (Phi) is 4.68. The molecule has 1 aromatic carbocycles. The van der Waals surface area contributed by atoms with Crippen molar-refractivity contribution in [2.45, 2.75) is 32.7 Å². The van der Waals surface area contributed by atoms with Gasteiger partial charge in [0.25, 0.3) is 5.91 Å². The molecule has 144 valence electrons. The standard InChI is InChI=1S/C20H21N5O3/c1-12(2)25-20-14(9-22-25)7-15(10-21-20)23-19(27)11-28-16-4-5-17-13(8-16)3-6-18(26)24-17/h4-5,7-10,12H,3,6,11H2,1-2H3,(H,23,27)(H,24,26). The predicted octanol–water partition coefficient (Wildman–Crippen LogP) is 2.91. The summed E-state index contributed by atoms with van der Waals surface area (Å²) >= 11 is 0. The Morgan fingerprint density at radius 3 is 2.96 bits per heavy atom.